The van der Waals surface area contributed by atoms with Gasteiger partial charge in [0, 0.05) is 24.1 Å². The fourth-order valence-corrected chi connectivity index (χ4v) is 4.05. The van der Waals surface area contributed by atoms with Crippen LogP contribution < -0.4 is 4.80 Å². The van der Waals surface area contributed by atoms with E-state index in [4.69, 9.17) is 21.3 Å². The van der Waals surface area contributed by atoms with Gasteiger partial charge in [0.25, 0.3) is 0 Å². The first kappa shape index (κ1) is 15.5. The van der Waals surface area contributed by atoms with Gasteiger partial charge < -0.3 is 9.30 Å². The minimum absolute atomic E-state index is 0.651. The third-order valence-corrected chi connectivity index (χ3v) is 5.11. The van der Waals surface area contributed by atoms with Crippen molar-refractivity contribution in [2.45, 2.75) is 6.54 Å². The monoisotopic (exact) mass is 350 g/mol. The van der Waals surface area contributed by atoms with Gasteiger partial charge in [-0.25, -0.2) is 4.99 Å². The predicted molar refractivity (Wildman–Crippen MR) is 94.2 cm³/mol. The maximum atomic E-state index is 6.04. The molecule has 0 saturated heterocycles. The van der Waals surface area contributed by atoms with Gasteiger partial charge in [-0.3, -0.25) is 0 Å². The van der Waals surface area contributed by atoms with Gasteiger partial charge in [0.1, 0.15) is 0 Å². The molecule has 3 aromatic rings. The highest BCUT2D eigenvalue weighted by Gasteiger charge is 2.08. The smallest absolute Gasteiger partial charge is 0.190 e. The van der Waals surface area contributed by atoms with E-state index in [0.29, 0.717) is 11.6 Å². The van der Waals surface area contributed by atoms with Crippen molar-refractivity contribution in [2.75, 3.05) is 13.7 Å². The number of rotatable bonds is 5. The first-order chi connectivity index (χ1) is 10.8. The highest BCUT2D eigenvalue weighted by atomic mass is 35.5. The number of hydrogen-bond donors (Lipinski definition) is 0. The van der Waals surface area contributed by atoms with E-state index in [1.54, 1.807) is 29.8 Å². The zero-order valence-corrected chi connectivity index (χ0v) is 14.4. The van der Waals surface area contributed by atoms with Crippen molar-refractivity contribution in [1.29, 1.82) is 0 Å². The molecule has 0 saturated carbocycles. The first-order valence-corrected chi connectivity index (χ1v) is 8.93. The Morgan fingerprint density at radius 2 is 2.14 bits per heavy atom. The maximum Gasteiger partial charge on any atom is 0.190 e. The number of aromatic nitrogens is 1. The number of nitrogens with zero attached hydrogens (tertiary/aromatic N) is 2. The fourth-order valence-electron chi connectivity index (χ4n) is 2.10. The van der Waals surface area contributed by atoms with E-state index in [0.717, 1.165) is 17.0 Å². The van der Waals surface area contributed by atoms with E-state index in [2.05, 4.69) is 27.5 Å². The molecule has 1 aromatic carbocycles. The van der Waals surface area contributed by atoms with Crippen LogP contribution in [0.4, 0.5) is 5.69 Å². The minimum Gasteiger partial charge on any atom is -0.383 e. The van der Waals surface area contributed by atoms with Gasteiger partial charge in [0.05, 0.1) is 22.9 Å². The largest absolute Gasteiger partial charge is 0.383 e. The van der Waals surface area contributed by atoms with Crippen molar-refractivity contribution in [3.63, 3.8) is 0 Å². The molecule has 0 unspecified atom stereocenters. The summed E-state index contributed by atoms with van der Waals surface area (Å²) in [6.07, 6.45) is 0. The Kier molecular flexibility index (Phi) is 5.10. The van der Waals surface area contributed by atoms with E-state index in [-0.39, 0.29) is 0 Å². The van der Waals surface area contributed by atoms with Crippen LogP contribution in [-0.4, -0.2) is 18.3 Å². The van der Waals surface area contributed by atoms with Crippen molar-refractivity contribution in [3.05, 3.63) is 57.0 Å². The van der Waals surface area contributed by atoms with Crippen LogP contribution in [0.3, 0.4) is 0 Å². The van der Waals surface area contributed by atoms with E-state index in [9.17, 15) is 0 Å². The topological polar surface area (TPSA) is 26.5 Å². The number of thiophene rings is 1. The lowest BCUT2D eigenvalue weighted by Crippen LogP contribution is -2.18. The van der Waals surface area contributed by atoms with E-state index in [1.165, 1.54) is 10.6 Å². The Labute approximate surface area is 142 Å². The number of ether oxygens (including phenoxy) is 1. The molecule has 0 amide bonds. The molecular formula is C16H15ClN2OS2. The summed E-state index contributed by atoms with van der Waals surface area (Å²) >= 11 is 9.40. The SMILES string of the molecule is COCCn1c(-c2cccs2)csc1=Nc1cccc(Cl)c1. The van der Waals surface area contributed by atoms with Gasteiger partial charge in [-0.2, -0.15) is 0 Å². The van der Waals surface area contributed by atoms with Crippen LogP contribution in [0.1, 0.15) is 0 Å². The van der Waals surface area contributed by atoms with E-state index in [1.807, 2.05) is 24.3 Å². The highest BCUT2D eigenvalue weighted by molar-refractivity contribution is 7.14. The molecule has 114 valence electrons. The lowest BCUT2D eigenvalue weighted by Gasteiger charge is -2.07. The molecular weight excluding hydrogens is 336 g/mol. The summed E-state index contributed by atoms with van der Waals surface area (Å²) in [4.78, 5) is 6.91. The van der Waals surface area contributed by atoms with Crippen LogP contribution in [-0.2, 0) is 11.3 Å². The van der Waals surface area contributed by atoms with Gasteiger partial charge in [0.15, 0.2) is 4.80 Å². The Balaban J connectivity index is 2.07. The molecule has 22 heavy (non-hydrogen) atoms. The van der Waals surface area contributed by atoms with Crippen LogP contribution in [0, 0.1) is 0 Å². The third-order valence-electron chi connectivity index (χ3n) is 3.12. The van der Waals surface area contributed by atoms with Gasteiger partial charge >= 0.3 is 0 Å². The second kappa shape index (κ2) is 7.24. The summed E-state index contributed by atoms with van der Waals surface area (Å²) < 4.78 is 7.43. The Bertz CT molecular complexity index is 806. The van der Waals surface area contributed by atoms with Crippen LogP contribution in [0.15, 0.2) is 52.2 Å². The van der Waals surface area contributed by atoms with E-state index < -0.39 is 0 Å². The number of halogens is 1. The third kappa shape index (κ3) is 3.50. The van der Waals surface area contributed by atoms with Crippen LogP contribution in [0.25, 0.3) is 10.6 Å². The van der Waals surface area contributed by atoms with Crippen LogP contribution >= 0.6 is 34.3 Å². The van der Waals surface area contributed by atoms with Crippen LogP contribution in [0.5, 0.6) is 0 Å². The molecule has 3 nitrogen and oxygen atoms in total. The standard InChI is InChI=1S/C16H15ClN2OS2/c1-20-8-7-19-14(15-6-3-9-21-15)11-22-16(19)18-13-5-2-4-12(17)10-13/h2-6,9-11H,7-8H2,1H3. The molecule has 0 fully saturated rings. The molecule has 0 N–H and O–H groups in total. The molecule has 6 heteroatoms. The van der Waals surface area contributed by atoms with Crippen LogP contribution in [0.2, 0.25) is 5.02 Å². The van der Waals surface area contributed by atoms with Crippen molar-refractivity contribution in [1.82, 2.24) is 4.57 Å². The Hall–Kier alpha value is -1.40. The second-order valence-electron chi connectivity index (χ2n) is 4.62. The molecule has 2 aromatic heterocycles. The van der Waals surface area contributed by atoms with Gasteiger partial charge in [-0.05, 0) is 29.6 Å². The fraction of sp³-hybridized carbons (Fsp3) is 0.188. The second-order valence-corrected chi connectivity index (χ2v) is 6.84. The number of hydrogen-bond acceptors (Lipinski definition) is 4. The summed E-state index contributed by atoms with van der Waals surface area (Å²) in [5.74, 6) is 0. The van der Waals surface area contributed by atoms with Gasteiger partial charge in [-0.1, -0.05) is 23.7 Å². The molecule has 0 radical (unpaired) electrons. The minimum atomic E-state index is 0.651. The van der Waals surface area contributed by atoms with Gasteiger partial charge in [0.2, 0.25) is 0 Å². The summed E-state index contributed by atoms with van der Waals surface area (Å²) in [5.41, 5.74) is 2.04. The molecule has 0 aliphatic carbocycles. The average Bonchev–Trinajstić information content (AvgIpc) is 3.14. The number of methoxy groups -OCH3 is 1. The molecule has 0 spiro atoms. The number of thiazole rings is 1. The molecule has 0 aliphatic heterocycles. The lowest BCUT2D eigenvalue weighted by atomic mass is 10.3. The molecule has 3 rings (SSSR count). The zero-order valence-electron chi connectivity index (χ0n) is 12.0. The average molecular weight is 351 g/mol. The summed E-state index contributed by atoms with van der Waals surface area (Å²) in [5, 5.41) is 4.92. The van der Waals surface area contributed by atoms with Crippen molar-refractivity contribution in [2.24, 2.45) is 4.99 Å². The lowest BCUT2D eigenvalue weighted by molar-refractivity contribution is 0.187. The molecule has 2 heterocycles. The highest BCUT2D eigenvalue weighted by Crippen LogP contribution is 2.25. The van der Waals surface area contributed by atoms with Crippen molar-refractivity contribution >= 4 is 40.0 Å². The Morgan fingerprint density at radius 3 is 2.86 bits per heavy atom. The molecule has 0 atom stereocenters. The summed E-state index contributed by atoms with van der Waals surface area (Å²) in [6.45, 7) is 1.42. The predicted octanol–water partition coefficient (Wildman–Crippen LogP) is 4.81. The van der Waals surface area contributed by atoms with Gasteiger partial charge in [-0.15, -0.1) is 22.7 Å². The molecule has 0 aliphatic rings. The van der Waals surface area contributed by atoms with Crippen molar-refractivity contribution < 1.29 is 4.74 Å². The first-order valence-electron chi connectivity index (χ1n) is 6.79. The number of benzene rings is 1. The maximum absolute atomic E-state index is 6.04. The summed E-state index contributed by atoms with van der Waals surface area (Å²) in [7, 11) is 1.71. The van der Waals surface area contributed by atoms with Crippen molar-refractivity contribution in [3.8, 4) is 10.6 Å². The summed E-state index contributed by atoms with van der Waals surface area (Å²) in [6, 6.07) is 11.8. The Morgan fingerprint density at radius 1 is 1.23 bits per heavy atom. The van der Waals surface area contributed by atoms with E-state index >= 15 is 0 Å². The molecule has 0 bridgehead atoms. The zero-order chi connectivity index (χ0) is 15.4. The quantitative estimate of drug-likeness (QED) is 0.648. The normalized spacial score (nSPS) is 12.0.